The van der Waals surface area contributed by atoms with Gasteiger partial charge in [0.2, 0.25) is 0 Å². The highest BCUT2D eigenvalue weighted by atomic mass is 79.9. The summed E-state index contributed by atoms with van der Waals surface area (Å²) in [6.07, 6.45) is 3.42. The molecule has 5 heteroatoms. The van der Waals surface area contributed by atoms with Crippen LogP contribution in [0.5, 0.6) is 0 Å². The molecule has 0 atom stereocenters. The number of benzene rings is 1. The molecule has 0 saturated heterocycles. The van der Waals surface area contributed by atoms with Crippen molar-refractivity contribution in [3.8, 4) is 0 Å². The van der Waals surface area contributed by atoms with E-state index in [1.165, 1.54) is 18.4 Å². The number of unbranched alkanes of at least 4 members (excludes halogenated alkanes) is 1. The second-order valence-corrected chi connectivity index (χ2v) is 4.55. The van der Waals surface area contributed by atoms with Crippen LogP contribution in [-0.4, -0.2) is 4.98 Å². The standard InChI is InChI=1S/C11H14BrN3O/c1-2-3-4-7-5-8(12)10-9(6-7)14-11(15-13)16-10/h5-6H,2-4,13H2,1H3,(H,14,15). The first kappa shape index (κ1) is 11.4. The Kier molecular flexibility index (Phi) is 3.46. The number of nitrogens with one attached hydrogen (secondary N) is 1. The summed E-state index contributed by atoms with van der Waals surface area (Å²) in [7, 11) is 0. The second kappa shape index (κ2) is 4.84. The number of hydrogen-bond donors (Lipinski definition) is 2. The lowest BCUT2D eigenvalue weighted by molar-refractivity contribution is 0.615. The van der Waals surface area contributed by atoms with E-state index in [0.29, 0.717) is 6.01 Å². The van der Waals surface area contributed by atoms with Gasteiger partial charge in [0.1, 0.15) is 5.52 Å². The molecule has 0 fully saturated rings. The number of nitrogens with zero attached hydrogens (tertiary/aromatic N) is 1. The lowest BCUT2D eigenvalue weighted by Gasteiger charge is -2.00. The molecule has 0 aliphatic heterocycles. The summed E-state index contributed by atoms with van der Waals surface area (Å²) >= 11 is 3.48. The number of oxazole rings is 1. The number of fused-ring (bicyclic) bond motifs is 1. The predicted octanol–water partition coefficient (Wildman–Crippen LogP) is 3.22. The Labute approximate surface area is 102 Å². The minimum Gasteiger partial charge on any atom is -0.421 e. The average Bonchev–Trinajstić information content (AvgIpc) is 2.70. The molecule has 4 nitrogen and oxygen atoms in total. The fourth-order valence-electron chi connectivity index (χ4n) is 1.63. The van der Waals surface area contributed by atoms with Gasteiger partial charge in [0.05, 0.1) is 4.47 Å². The van der Waals surface area contributed by atoms with Gasteiger partial charge in [0.25, 0.3) is 0 Å². The summed E-state index contributed by atoms with van der Waals surface area (Å²) in [6.45, 7) is 2.18. The summed E-state index contributed by atoms with van der Waals surface area (Å²) in [4.78, 5) is 4.23. The number of aromatic nitrogens is 1. The second-order valence-electron chi connectivity index (χ2n) is 3.69. The van der Waals surface area contributed by atoms with Crippen LogP contribution in [0.1, 0.15) is 25.3 Å². The van der Waals surface area contributed by atoms with Crippen molar-refractivity contribution in [2.75, 3.05) is 5.43 Å². The summed E-state index contributed by atoms with van der Waals surface area (Å²) < 4.78 is 6.33. The maximum atomic E-state index is 5.41. The highest BCUT2D eigenvalue weighted by molar-refractivity contribution is 9.10. The molecule has 0 radical (unpaired) electrons. The number of hydrazine groups is 1. The van der Waals surface area contributed by atoms with Gasteiger partial charge in [-0.3, -0.25) is 5.43 Å². The summed E-state index contributed by atoms with van der Waals surface area (Å²) in [6, 6.07) is 4.45. The summed E-state index contributed by atoms with van der Waals surface area (Å²) in [5.41, 5.74) is 5.23. The highest BCUT2D eigenvalue weighted by Gasteiger charge is 2.09. The molecule has 2 rings (SSSR count). The maximum Gasteiger partial charge on any atom is 0.310 e. The molecular weight excluding hydrogens is 270 g/mol. The minimum absolute atomic E-state index is 0.336. The zero-order valence-electron chi connectivity index (χ0n) is 9.09. The average molecular weight is 284 g/mol. The third-order valence-electron chi connectivity index (χ3n) is 2.45. The first-order valence-electron chi connectivity index (χ1n) is 5.30. The number of halogens is 1. The van der Waals surface area contributed by atoms with E-state index in [1.807, 2.05) is 6.07 Å². The molecule has 1 aromatic heterocycles. The monoisotopic (exact) mass is 283 g/mol. The van der Waals surface area contributed by atoms with Crippen LogP contribution in [0, 0.1) is 0 Å². The largest absolute Gasteiger partial charge is 0.421 e. The maximum absolute atomic E-state index is 5.41. The van der Waals surface area contributed by atoms with E-state index >= 15 is 0 Å². The number of nitrogens with two attached hydrogens (primary N) is 1. The van der Waals surface area contributed by atoms with E-state index in [1.54, 1.807) is 0 Å². The van der Waals surface area contributed by atoms with Gasteiger partial charge in [-0.15, -0.1) is 0 Å². The number of rotatable bonds is 4. The number of aryl methyl sites for hydroxylation is 1. The van der Waals surface area contributed by atoms with Crippen LogP contribution >= 0.6 is 15.9 Å². The lowest BCUT2D eigenvalue weighted by atomic mass is 10.1. The van der Waals surface area contributed by atoms with Gasteiger partial charge in [0.15, 0.2) is 5.58 Å². The van der Waals surface area contributed by atoms with Crippen molar-refractivity contribution in [1.82, 2.24) is 4.98 Å². The summed E-state index contributed by atoms with van der Waals surface area (Å²) in [5.74, 6) is 5.26. The van der Waals surface area contributed by atoms with E-state index in [-0.39, 0.29) is 0 Å². The van der Waals surface area contributed by atoms with Gasteiger partial charge >= 0.3 is 6.01 Å². The Morgan fingerprint density at radius 2 is 2.31 bits per heavy atom. The van der Waals surface area contributed by atoms with Crippen molar-refractivity contribution >= 4 is 33.0 Å². The van der Waals surface area contributed by atoms with Gasteiger partial charge in [-0.2, -0.15) is 4.98 Å². The third kappa shape index (κ3) is 2.20. The topological polar surface area (TPSA) is 64.1 Å². The Morgan fingerprint density at radius 1 is 1.50 bits per heavy atom. The normalized spacial score (nSPS) is 10.9. The van der Waals surface area contributed by atoms with Crippen molar-refractivity contribution in [2.24, 2.45) is 5.84 Å². The molecule has 16 heavy (non-hydrogen) atoms. The van der Waals surface area contributed by atoms with Crippen LogP contribution in [0.4, 0.5) is 6.01 Å². The highest BCUT2D eigenvalue weighted by Crippen LogP contribution is 2.28. The Morgan fingerprint density at radius 3 is 3.00 bits per heavy atom. The third-order valence-corrected chi connectivity index (χ3v) is 3.04. The Bertz CT molecular complexity index is 495. The lowest BCUT2D eigenvalue weighted by Crippen LogP contribution is -2.06. The van der Waals surface area contributed by atoms with Crippen LogP contribution in [0.3, 0.4) is 0 Å². The number of hydrogen-bond acceptors (Lipinski definition) is 4. The van der Waals surface area contributed by atoms with Crippen LogP contribution in [0.2, 0.25) is 0 Å². The molecular formula is C11H14BrN3O. The van der Waals surface area contributed by atoms with E-state index in [2.05, 4.69) is 39.3 Å². The van der Waals surface area contributed by atoms with Gasteiger partial charge in [-0.25, -0.2) is 5.84 Å². The van der Waals surface area contributed by atoms with Crippen LogP contribution < -0.4 is 11.3 Å². The van der Waals surface area contributed by atoms with Crippen molar-refractivity contribution < 1.29 is 4.42 Å². The predicted molar refractivity (Wildman–Crippen MR) is 68.1 cm³/mol. The first-order valence-corrected chi connectivity index (χ1v) is 6.09. The molecule has 3 N–H and O–H groups in total. The van der Waals surface area contributed by atoms with Crippen molar-refractivity contribution in [2.45, 2.75) is 26.2 Å². The fourth-order valence-corrected chi connectivity index (χ4v) is 2.21. The molecule has 0 unspecified atom stereocenters. The van der Waals surface area contributed by atoms with Crippen molar-refractivity contribution in [3.63, 3.8) is 0 Å². The number of nitrogen functional groups attached to an aromatic ring is 1. The summed E-state index contributed by atoms with van der Waals surface area (Å²) in [5, 5.41) is 0. The zero-order valence-corrected chi connectivity index (χ0v) is 10.7. The van der Waals surface area contributed by atoms with Crippen molar-refractivity contribution in [3.05, 3.63) is 22.2 Å². The molecule has 0 amide bonds. The molecule has 1 aromatic carbocycles. The van der Waals surface area contributed by atoms with Crippen LogP contribution in [0.25, 0.3) is 11.1 Å². The molecule has 0 aliphatic carbocycles. The first-order chi connectivity index (χ1) is 7.74. The molecule has 86 valence electrons. The van der Waals surface area contributed by atoms with E-state index < -0.39 is 0 Å². The van der Waals surface area contributed by atoms with Gasteiger partial charge in [-0.1, -0.05) is 13.3 Å². The molecule has 0 aliphatic rings. The molecule has 0 spiro atoms. The SMILES string of the molecule is CCCCc1cc(Br)c2oc(NN)nc2c1. The van der Waals surface area contributed by atoms with E-state index in [9.17, 15) is 0 Å². The van der Waals surface area contributed by atoms with E-state index in [4.69, 9.17) is 10.3 Å². The van der Waals surface area contributed by atoms with E-state index in [0.717, 1.165) is 22.0 Å². The fraction of sp³-hybridized carbons (Fsp3) is 0.364. The Hall–Kier alpha value is -1.07. The minimum atomic E-state index is 0.336. The van der Waals surface area contributed by atoms with Crippen molar-refractivity contribution in [1.29, 1.82) is 0 Å². The molecule has 0 saturated carbocycles. The smallest absolute Gasteiger partial charge is 0.310 e. The van der Waals surface area contributed by atoms with Crippen LogP contribution in [0.15, 0.2) is 21.0 Å². The quantitative estimate of drug-likeness (QED) is 0.668. The molecule has 1 heterocycles. The Balaban J connectivity index is 2.40. The zero-order chi connectivity index (χ0) is 11.5. The molecule has 2 aromatic rings. The van der Waals surface area contributed by atoms with Gasteiger partial charge in [0, 0.05) is 0 Å². The number of anilines is 1. The molecule has 0 bridgehead atoms. The van der Waals surface area contributed by atoms with Gasteiger partial charge in [-0.05, 0) is 46.5 Å². The van der Waals surface area contributed by atoms with Gasteiger partial charge < -0.3 is 4.42 Å². The van der Waals surface area contributed by atoms with Crippen LogP contribution in [-0.2, 0) is 6.42 Å².